The van der Waals surface area contributed by atoms with Gasteiger partial charge in [0.2, 0.25) is 0 Å². The highest BCUT2D eigenvalue weighted by Crippen LogP contribution is 2.17. The van der Waals surface area contributed by atoms with E-state index in [0.29, 0.717) is 17.8 Å². The number of ether oxygens (including phenoxy) is 1. The van der Waals surface area contributed by atoms with Crippen LogP contribution in [0.2, 0.25) is 0 Å². The molecule has 2 N–H and O–H groups in total. The summed E-state index contributed by atoms with van der Waals surface area (Å²) in [5, 5.41) is 8.24. The van der Waals surface area contributed by atoms with Gasteiger partial charge in [0.1, 0.15) is 0 Å². The van der Waals surface area contributed by atoms with Gasteiger partial charge in [0.15, 0.2) is 5.11 Å². The molecule has 1 aliphatic carbocycles. The number of hydrazone groups is 1. The topological polar surface area (TPSA) is 50.6 Å². The molecule has 1 aromatic heterocycles. The maximum absolute atomic E-state index is 5.31. The molecule has 0 atom stereocenters. The Morgan fingerprint density at radius 1 is 1.39 bits per heavy atom. The summed E-state index contributed by atoms with van der Waals surface area (Å²) in [4.78, 5) is 0. The Labute approximate surface area is 144 Å². The van der Waals surface area contributed by atoms with Crippen molar-refractivity contribution in [1.29, 1.82) is 0 Å². The summed E-state index contributed by atoms with van der Waals surface area (Å²) < 4.78 is 7.40. The van der Waals surface area contributed by atoms with Crippen LogP contribution >= 0.6 is 12.2 Å². The molecule has 1 aliphatic rings. The molecule has 1 aromatic rings. The zero-order chi connectivity index (χ0) is 16.7. The third kappa shape index (κ3) is 5.32. The van der Waals surface area contributed by atoms with Crippen LogP contribution in [0, 0.1) is 13.8 Å². The fraction of sp³-hybridized carbons (Fsp3) is 0.647. The molecule has 0 saturated heterocycles. The predicted molar refractivity (Wildman–Crippen MR) is 99.1 cm³/mol. The van der Waals surface area contributed by atoms with Gasteiger partial charge in [-0.3, -0.25) is 5.43 Å². The van der Waals surface area contributed by atoms with Gasteiger partial charge in [-0.25, -0.2) is 0 Å². The van der Waals surface area contributed by atoms with E-state index in [0.717, 1.165) is 12.1 Å². The minimum Gasteiger partial charge on any atom is -0.383 e. The number of hydrogen-bond donors (Lipinski definition) is 2. The summed E-state index contributed by atoms with van der Waals surface area (Å²) >= 11 is 5.31. The Morgan fingerprint density at radius 3 is 2.83 bits per heavy atom. The molecule has 2 rings (SSSR count). The molecule has 1 fully saturated rings. The van der Waals surface area contributed by atoms with Gasteiger partial charge in [0.25, 0.3) is 0 Å². The summed E-state index contributed by atoms with van der Waals surface area (Å²) in [5.74, 6) is 0. The van der Waals surface area contributed by atoms with E-state index in [1.807, 2.05) is 6.21 Å². The first kappa shape index (κ1) is 17.9. The van der Waals surface area contributed by atoms with Crippen LogP contribution in [0.25, 0.3) is 0 Å². The number of aromatic nitrogens is 1. The van der Waals surface area contributed by atoms with Crippen molar-refractivity contribution in [2.75, 3.05) is 13.7 Å². The van der Waals surface area contributed by atoms with Crippen LogP contribution in [0.3, 0.4) is 0 Å². The Hall–Kier alpha value is -1.40. The van der Waals surface area contributed by atoms with Crippen LogP contribution in [-0.4, -0.2) is 35.7 Å². The van der Waals surface area contributed by atoms with Gasteiger partial charge in [-0.05, 0) is 45.0 Å². The van der Waals surface area contributed by atoms with Gasteiger partial charge in [-0.1, -0.05) is 19.3 Å². The second-order valence-corrected chi connectivity index (χ2v) is 6.56. The van der Waals surface area contributed by atoms with Gasteiger partial charge < -0.3 is 14.6 Å². The van der Waals surface area contributed by atoms with E-state index in [2.05, 4.69) is 40.3 Å². The van der Waals surface area contributed by atoms with Crippen molar-refractivity contribution in [2.45, 2.75) is 58.5 Å². The van der Waals surface area contributed by atoms with E-state index in [-0.39, 0.29) is 0 Å². The van der Waals surface area contributed by atoms with Gasteiger partial charge in [0.05, 0.1) is 12.8 Å². The largest absolute Gasteiger partial charge is 0.383 e. The molecule has 6 heteroatoms. The van der Waals surface area contributed by atoms with Gasteiger partial charge in [-0.15, -0.1) is 0 Å². The lowest BCUT2D eigenvalue weighted by Gasteiger charge is -2.23. The SMILES string of the molecule is COCCn1c(C)cc(/C=N/NC(=S)NC2CCCCC2)c1C. The molecule has 0 bridgehead atoms. The molecular weight excluding hydrogens is 308 g/mol. The number of methoxy groups -OCH3 is 1. The molecule has 0 radical (unpaired) electrons. The van der Waals surface area contributed by atoms with Gasteiger partial charge in [0, 0.05) is 36.6 Å². The molecule has 5 nitrogen and oxygen atoms in total. The zero-order valence-corrected chi connectivity index (χ0v) is 15.2. The number of aryl methyl sites for hydroxylation is 1. The Balaban J connectivity index is 1.86. The normalized spacial score (nSPS) is 16.0. The molecule has 1 heterocycles. The van der Waals surface area contributed by atoms with Crippen LogP contribution in [-0.2, 0) is 11.3 Å². The monoisotopic (exact) mass is 336 g/mol. The van der Waals surface area contributed by atoms with E-state index >= 15 is 0 Å². The summed E-state index contributed by atoms with van der Waals surface area (Å²) in [7, 11) is 1.72. The third-order valence-corrected chi connectivity index (χ3v) is 4.65. The van der Waals surface area contributed by atoms with Crippen molar-refractivity contribution in [2.24, 2.45) is 5.10 Å². The van der Waals surface area contributed by atoms with Crippen LogP contribution in [0.1, 0.15) is 49.1 Å². The molecule has 23 heavy (non-hydrogen) atoms. The van der Waals surface area contributed by atoms with Crippen molar-refractivity contribution < 1.29 is 4.74 Å². The fourth-order valence-corrected chi connectivity index (χ4v) is 3.33. The van der Waals surface area contributed by atoms with Crippen molar-refractivity contribution in [3.05, 3.63) is 23.0 Å². The van der Waals surface area contributed by atoms with Crippen molar-refractivity contribution in [3.63, 3.8) is 0 Å². The number of rotatable bonds is 6. The summed E-state index contributed by atoms with van der Waals surface area (Å²) in [5.41, 5.74) is 6.44. The van der Waals surface area contributed by atoms with Crippen molar-refractivity contribution in [1.82, 2.24) is 15.3 Å². The number of hydrogen-bond acceptors (Lipinski definition) is 3. The van der Waals surface area contributed by atoms with E-state index in [9.17, 15) is 0 Å². The van der Waals surface area contributed by atoms with Gasteiger partial charge >= 0.3 is 0 Å². The molecule has 1 saturated carbocycles. The maximum Gasteiger partial charge on any atom is 0.187 e. The van der Waals surface area contributed by atoms with Gasteiger partial charge in [-0.2, -0.15) is 5.10 Å². The molecular formula is C17H28N4OS. The minimum absolute atomic E-state index is 0.498. The Kier molecular flexibility index (Phi) is 7.05. The molecule has 0 unspecified atom stereocenters. The lowest BCUT2D eigenvalue weighted by molar-refractivity contribution is 0.186. The average molecular weight is 337 g/mol. The average Bonchev–Trinajstić information content (AvgIpc) is 2.80. The second kappa shape index (κ2) is 9.03. The lowest BCUT2D eigenvalue weighted by Crippen LogP contribution is -2.40. The molecule has 0 amide bonds. The van der Waals surface area contributed by atoms with Crippen LogP contribution in [0.5, 0.6) is 0 Å². The van der Waals surface area contributed by atoms with Crippen LogP contribution in [0.4, 0.5) is 0 Å². The number of nitrogens with zero attached hydrogens (tertiary/aromatic N) is 2. The Bertz CT molecular complexity index is 547. The summed E-state index contributed by atoms with van der Waals surface area (Å²) in [6.07, 6.45) is 8.15. The van der Waals surface area contributed by atoms with Crippen molar-refractivity contribution >= 4 is 23.5 Å². The lowest BCUT2D eigenvalue weighted by atomic mass is 9.96. The van der Waals surface area contributed by atoms with E-state index in [1.165, 1.54) is 43.5 Å². The number of nitrogens with one attached hydrogen (secondary N) is 2. The molecule has 128 valence electrons. The van der Waals surface area contributed by atoms with Crippen molar-refractivity contribution in [3.8, 4) is 0 Å². The minimum atomic E-state index is 0.498. The quantitative estimate of drug-likeness (QED) is 0.476. The third-order valence-electron chi connectivity index (χ3n) is 4.44. The maximum atomic E-state index is 5.31. The highest BCUT2D eigenvalue weighted by molar-refractivity contribution is 7.80. The Morgan fingerprint density at radius 2 is 2.13 bits per heavy atom. The second-order valence-electron chi connectivity index (χ2n) is 6.15. The van der Waals surface area contributed by atoms with Crippen LogP contribution < -0.4 is 10.7 Å². The first-order valence-electron chi connectivity index (χ1n) is 8.37. The smallest absolute Gasteiger partial charge is 0.187 e. The fourth-order valence-electron chi connectivity index (χ4n) is 3.11. The first-order valence-corrected chi connectivity index (χ1v) is 8.78. The van der Waals surface area contributed by atoms with Crippen LogP contribution in [0.15, 0.2) is 11.2 Å². The standard InChI is InChI=1S/C17H28N4OS/c1-13-11-15(14(2)21(13)9-10-22-3)12-18-20-17(23)19-16-7-5-4-6-8-16/h11-12,16H,4-10H2,1-3H3,(H2,19,20,23)/b18-12+. The number of thiocarbonyl (C=S) groups is 1. The van der Waals surface area contributed by atoms with E-state index in [4.69, 9.17) is 17.0 Å². The summed E-state index contributed by atoms with van der Waals surface area (Å²) in [6.45, 7) is 5.77. The zero-order valence-electron chi connectivity index (χ0n) is 14.4. The molecule has 0 aromatic carbocycles. The first-order chi connectivity index (χ1) is 11.1. The van der Waals surface area contributed by atoms with E-state index in [1.54, 1.807) is 7.11 Å². The highest BCUT2D eigenvalue weighted by Gasteiger charge is 2.13. The summed E-state index contributed by atoms with van der Waals surface area (Å²) in [6, 6.07) is 2.63. The highest BCUT2D eigenvalue weighted by atomic mass is 32.1. The van der Waals surface area contributed by atoms with E-state index < -0.39 is 0 Å². The predicted octanol–water partition coefficient (Wildman–Crippen LogP) is 2.88. The molecule has 0 spiro atoms. The molecule has 0 aliphatic heterocycles.